The molecule has 0 fully saturated rings. The number of nitrogen functional groups attached to an aromatic ring is 1. The third-order valence-electron chi connectivity index (χ3n) is 2.49. The molecule has 1 heterocycles. The average molecular weight is 301 g/mol. The molecule has 0 saturated carbocycles. The summed E-state index contributed by atoms with van der Waals surface area (Å²) in [5.41, 5.74) is 7.59. The highest BCUT2D eigenvalue weighted by Gasteiger charge is 2.05. The molecule has 2 N–H and O–H groups in total. The van der Waals surface area contributed by atoms with Gasteiger partial charge in [-0.2, -0.15) is 0 Å². The van der Waals surface area contributed by atoms with Crippen LogP contribution in [0.4, 0.5) is 5.69 Å². The van der Waals surface area contributed by atoms with Gasteiger partial charge >= 0.3 is 0 Å². The van der Waals surface area contributed by atoms with Gasteiger partial charge in [-0.15, -0.1) is 11.3 Å². The van der Waals surface area contributed by atoms with Crippen LogP contribution in [0.25, 0.3) is 0 Å². The molecule has 0 atom stereocenters. The van der Waals surface area contributed by atoms with E-state index in [1.54, 1.807) is 17.4 Å². The lowest BCUT2D eigenvalue weighted by Crippen LogP contribution is -2.16. The SMILES string of the molecule is CN(Cc1cc(N)cc(Cl)c1)Cc1ccc(Cl)s1. The number of thiophene rings is 1. The van der Waals surface area contributed by atoms with Crippen molar-refractivity contribution in [2.75, 3.05) is 12.8 Å². The molecule has 2 aromatic rings. The van der Waals surface area contributed by atoms with Gasteiger partial charge in [0.05, 0.1) is 4.34 Å². The van der Waals surface area contributed by atoms with Crippen LogP contribution in [0, 0.1) is 0 Å². The molecule has 0 amide bonds. The molecule has 0 aliphatic carbocycles. The van der Waals surface area contributed by atoms with Crippen LogP contribution in [-0.2, 0) is 13.1 Å². The first-order valence-corrected chi connectivity index (χ1v) is 7.08. The van der Waals surface area contributed by atoms with Crippen molar-refractivity contribution in [1.29, 1.82) is 0 Å². The number of nitrogens with zero attached hydrogens (tertiary/aromatic N) is 1. The predicted molar refractivity (Wildman–Crippen MR) is 80.4 cm³/mol. The fourth-order valence-electron chi connectivity index (χ4n) is 1.84. The lowest BCUT2D eigenvalue weighted by Gasteiger charge is -2.16. The zero-order valence-corrected chi connectivity index (χ0v) is 12.3. The molecule has 96 valence electrons. The zero-order valence-electron chi connectivity index (χ0n) is 9.99. The Bertz CT molecular complexity index is 519. The quantitative estimate of drug-likeness (QED) is 0.855. The fourth-order valence-corrected chi connectivity index (χ4v) is 3.27. The Labute approximate surface area is 121 Å². The summed E-state index contributed by atoms with van der Waals surface area (Å²) in [6.07, 6.45) is 0. The molecule has 1 aromatic heterocycles. The van der Waals surface area contributed by atoms with E-state index < -0.39 is 0 Å². The van der Waals surface area contributed by atoms with Gasteiger partial charge < -0.3 is 5.73 Å². The largest absolute Gasteiger partial charge is 0.399 e. The minimum absolute atomic E-state index is 0.678. The number of hydrogen-bond donors (Lipinski definition) is 1. The summed E-state index contributed by atoms with van der Waals surface area (Å²) in [6, 6.07) is 9.62. The highest BCUT2D eigenvalue weighted by Crippen LogP contribution is 2.23. The third-order valence-corrected chi connectivity index (χ3v) is 3.92. The number of anilines is 1. The van der Waals surface area contributed by atoms with E-state index >= 15 is 0 Å². The van der Waals surface area contributed by atoms with E-state index in [-0.39, 0.29) is 0 Å². The maximum atomic E-state index is 5.98. The fraction of sp³-hybridized carbons (Fsp3) is 0.231. The summed E-state index contributed by atoms with van der Waals surface area (Å²) >= 11 is 13.5. The Kier molecular flexibility index (Phi) is 4.51. The Morgan fingerprint density at radius 3 is 2.56 bits per heavy atom. The first-order chi connectivity index (χ1) is 8.52. The number of nitrogens with two attached hydrogens (primary N) is 1. The second-order valence-electron chi connectivity index (χ2n) is 4.27. The standard InChI is InChI=1S/C13H14Cl2N2S/c1-17(8-12-2-3-13(15)18-12)7-9-4-10(14)6-11(16)5-9/h2-6H,7-8,16H2,1H3. The van der Waals surface area contributed by atoms with Gasteiger partial charge in [0.15, 0.2) is 0 Å². The molecular formula is C13H14Cl2N2S. The molecule has 5 heteroatoms. The van der Waals surface area contributed by atoms with Crippen molar-refractivity contribution in [3.63, 3.8) is 0 Å². The minimum atomic E-state index is 0.678. The van der Waals surface area contributed by atoms with Gasteiger partial charge in [-0.05, 0) is 42.9 Å². The average Bonchev–Trinajstić information content (AvgIpc) is 2.61. The lowest BCUT2D eigenvalue weighted by molar-refractivity contribution is 0.322. The topological polar surface area (TPSA) is 29.3 Å². The summed E-state index contributed by atoms with van der Waals surface area (Å²) in [6.45, 7) is 1.67. The van der Waals surface area contributed by atoms with Crippen LogP contribution in [0.2, 0.25) is 9.36 Å². The Hall–Kier alpha value is -0.740. The van der Waals surface area contributed by atoms with Crippen LogP contribution >= 0.6 is 34.5 Å². The first kappa shape index (κ1) is 13.7. The van der Waals surface area contributed by atoms with Gasteiger partial charge in [-0.1, -0.05) is 23.2 Å². The van der Waals surface area contributed by atoms with Crippen LogP contribution < -0.4 is 5.73 Å². The number of benzene rings is 1. The minimum Gasteiger partial charge on any atom is -0.399 e. The lowest BCUT2D eigenvalue weighted by atomic mass is 10.2. The second-order valence-corrected chi connectivity index (χ2v) is 6.51. The summed E-state index contributed by atoms with van der Waals surface area (Å²) in [5, 5.41) is 0.678. The summed E-state index contributed by atoms with van der Waals surface area (Å²) in [4.78, 5) is 3.45. The van der Waals surface area contributed by atoms with Crippen LogP contribution in [0.3, 0.4) is 0 Å². The highest BCUT2D eigenvalue weighted by molar-refractivity contribution is 7.16. The zero-order chi connectivity index (χ0) is 13.1. The Morgan fingerprint density at radius 1 is 1.17 bits per heavy atom. The van der Waals surface area contributed by atoms with Crippen LogP contribution in [0.15, 0.2) is 30.3 Å². The van der Waals surface area contributed by atoms with Gasteiger partial charge in [-0.3, -0.25) is 4.90 Å². The predicted octanol–water partition coefficient (Wildman–Crippen LogP) is 4.27. The molecular weight excluding hydrogens is 287 g/mol. The number of rotatable bonds is 4. The highest BCUT2D eigenvalue weighted by atomic mass is 35.5. The van der Waals surface area contributed by atoms with Gasteiger partial charge in [0.25, 0.3) is 0 Å². The molecule has 0 saturated heterocycles. The van der Waals surface area contributed by atoms with Crippen molar-refractivity contribution >= 4 is 40.2 Å². The maximum absolute atomic E-state index is 5.98. The molecule has 1 aromatic carbocycles. The van der Waals surface area contributed by atoms with E-state index in [1.807, 2.05) is 18.2 Å². The van der Waals surface area contributed by atoms with Gasteiger partial charge in [0.1, 0.15) is 0 Å². The molecule has 0 bridgehead atoms. The number of halogens is 2. The Balaban J connectivity index is 2.00. The Morgan fingerprint density at radius 2 is 1.94 bits per heavy atom. The molecule has 0 aliphatic rings. The van der Waals surface area contributed by atoms with Crippen molar-refractivity contribution in [3.05, 3.63) is 50.1 Å². The smallest absolute Gasteiger partial charge is 0.0931 e. The molecule has 2 rings (SSSR count). The van der Waals surface area contributed by atoms with Crippen molar-refractivity contribution in [2.45, 2.75) is 13.1 Å². The van der Waals surface area contributed by atoms with Crippen LogP contribution in [-0.4, -0.2) is 11.9 Å². The van der Waals surface area contributed by atoms with Crippen molar-refractivity contribution in [1.82, 2.24) is 4.90 Å². The molecule has 18 heavy (non-hydrogen) atoms. The van der Waals surface area contributed by atoms with E-state index in [4.69, 9.17) is 28.9 Å². The van der Waals surface area contributed by atoms with E-state index in [0.29, 0.717) is 10.7 Å². The van der Waals surface area contributed by atoms with Gasteiger partial charge in [0, 0.05) is 28.7 Å². The van der Waals surface area contributed by atoms with E-state index in [1.165, 1.54) is 4.88 Å². The molecule has 0 unspecified atom stereocenters. The summed E-state index contributed by atoms with van der Waals surface area (Å²) in [5.74, 6) is 0. The molecule has 0 aliphatic heterocycles. The van der Waals surface area contributed by atoms with E-state index in [2.05, 4.69) is 18.0 Å². The molecule has 2 nitrogen and oxygen atoms in total. The van der Waals surface area contributed by atoms with Crippen molar-refractivity contribution < 1.29 is 0 Å². The monoisotopic (exact) mass is 300 g/mol. The van der Waals surface area contributed by atoms with Crippen LogP contribution in [0.5, 0.6) is 0 Å². The molecule has 0 spiro atoms. The van der Waals surface area contributed by atoms with Crippen molar-refractivity contribution in [2.24, 2.45) is 0 Å². The maximum Gasteiger partial charge on any atom is 0.0931 e. The van der Waals surface area contributed by atoms with Crippen molar-refractivity contribution in [3.8, 4) is 0 Å². The number of hydrogen-bond acceptors (Lipinski definition) is 3. The summed E-state index contributed by atoms with van der Waals surface area (Å²) in [7, 11) is 2.06. The van der Waals surface area contributed by atoms with Gasteiger partial charge in [0.2, 0.25) is 0 Å². The molecule has 0 radical (unpaired) electrons. The van der Waals surface area contributed by atoms with E-state index in [9.17, 15) is 0 Å². The van der Waals surface area contributed by atoms with Gasteiger partial charge in [-0.25, -0.2) is 0 Å². The summed E-state index contributed by atoms with van der Waals surface area (Å²) < 4.78 is 0.824. The van der Waals surface area contributed by atoms with Crippen LogP contribution in [0.1, 0.15) is 10.4 Å². The second kappa shape index (κ2) is 5.93. The first-order valence-electron chi connectivity index (χ1n) is 5.50. The third kappa shape index (κ3) is 3.89. The normalized spacial score (nSPS) is 11.1. The van der Waals surface area contributed by atoms with E-state index in [0.717, 1.165) is 23.0 Å².